The third-order valence-electron chi connectivity index (χ3n) is 2.66. The van der Waals surface area contributed by atoms with E-state index >= 15 is 0 Å². The third kappa shape index (κ3) is 3.69. The van der Waals surface area contributed by atoms with Crippen molar-refractivity contribution in [1.82, 2.24) is 5.32 Å². The lowest BCUT2D eigenvalue weighted by atomic mass is 10.1. The number of hydrogen-bond acceptors (Lipinski definition) is 3. The van der Waals surface area contributed by atoms with Gasteiger partial charge in [0.05, 0.1) is 6.04 Å². The molecule has 2 nitrogen and oxygen atoms in total. The van der Waals surface area contributed by atoms with Crippen molar-refractivity contribution in [2.24, 2.45) is 5.92 Å². The maximum absolute atomic E-state index is 11.2. The topological polar surface area (TPSA) is 29.1 Å². The Bertz CT molecular complexity index is 172. The highest BCUT2D eigenvalue weighted by Crippen LogP contribution is 2.19. The van der Waals surface area contributed by atoms with Gasteiger partial charge in [0.1, 0.15) is 0 Å². The molecule has 0 aromatic rings. The highest BCUT2D eigenvalue weighted by molar-refractivity contribution is 8.14. The van der Waals surface area contributed by atoms with Crippen LogP contribution in [0.15, 0.2) is 0 Å². The van der Waals surface area contributed by atoms with Gasteiger partial charge in [-0.3, -0.25) is 4.79 Å². The lowest BCUT2D eigenvalue weighted by molar-refractivity contribution is -0.112. The highest BCUT2D eigenvalue weighted by atomic mass is 32.2. The van der Waals surface area contributed by atoms with Crippen LogP contribution in [0.25, 0.3) is 0 Å². The molecule has 0 amide bonds. The summed E-state index contributed by atoms with van der Waals surface area (Å²) in [5.41, 5.74) is 0. The molecule has 1 saturated heterocycles. The van der Waals surface area contributed by atoms with Crippen LogP contribution in [0.4, 0.5) is 0 Å². The Kier molecular flexibility index (Phi) is 4.81. The molecule has 0 aliphatic carbocycles. The molecule has 13 heavy (non-hydrogen) atoms. The second-order valence-electron chi connectivity index (χ2n) is 3.76. The molecular weight excluding hydrogens is 182 g/mol. The second kappa shape index (κ2) is 5.66. The normalized spacial score (nSPS) is 25.1. The molecule has 1 rings (SSSR count). The predicted octanol–water partition coefficient (Wildman–Crippen LogP) is 2.04. The van der Waals surface area contributed by atoms with Crippen LogP contribution >= 0.6 is 11.8 Å². The van der Waals surface area contributed by atoms with Crippen molar-refractivity contribution in [3.05, 3.63) is 0 Å². The molecule has 0 bridgehead atoms. The van der Waals surface area contributed by atoms with E-state index < -0.39 is 0 Å². The molecule has 1 N–H and O–H groups in total. The summed E-state index contributed by atoms with van der Waals surface area (Å²) in [6, 6.07) is 0.147. The molecule has 0 aromatic heterocycles. The third-order valence-corrected chi connectivity index (χ3v) is 3.67. The molecular formula is C10H19NOS. The molecule has 1 aliphatic heterocycles. The zero-order valence-electron chi connectivity index (χ0n) is 8.51. The smallest absolute Gasteiger partial charge is 0.205 e. The Hall–Kier alpha value is -0.0200. The summed E-state index contributed by atoms with van der Waals surface area (Å²) in [6.07, 6.45) is 3.43. The van der Waals surface area contributed by atoms with E-state index in [9.17, 15) is 4.79 Å². The fourth-order valence-corrected chi connectivity index (χ4v) is 2.35. The van der Waals surface area contributed by atoms with Crippen LogP contribution in [-0.4, -0.2) is 23.5 Å². The number of nitrogens with one attached hydrogen (secondary N) is 1. The van der Waals surface area contributed by atoms with E-state index in [1.807, 2.05) is 0 Å². The van der Waals surface area contributed by atoms with Crippen molar-refractivity contribution < 1.29 is 4.79 Å². The molecule has 3 heteroatoms. The predicted molar refractivity (Wildman–Crippen MR) is 57.9 cm³/mol. The lowest BCUT2D eigenvalue weighted by Crippen LogP contribution is -2.33. The van der Waals surface area contributed by atoms with Gasteiger partial charge in [-0.05, 0) is 25.3 Å². The number of thioether (sulfide) groups is 1. The molecule has 1 fully saturated rings. The molecule has 76 valence electrons. The van der Waals surface area contributed by atoms with Crippen LogP contribution in [0.3, 0.4) is 0 Å². The van der Waals surface area contributed by atoms with Gasteiger partial charge in [0.2, 0.25) is 5.12 Å². The molecule has 0 saturated carbocycles. The van der Waals surface area contributed by atoms with Crippen LogP contribution in [-0.2, 0) is 4.79 Å². The van der Waals surface area contributed by atoms with Gasteiger partial charge in [0.15, 0.2) is 0 Å². The molecule has 0 spiro atoms. The second-order valence-corrected chi connectivity index (χ2v) is 4.86. The molecule has 0 radical (unpaired) electrons. The van der Waals surface area contributed by atoms with E-state index in [0.717, 1.165) is 24.6 Å². The van der Waals surface area contributed by atoms with E-state index in [2.05, 4.69) is 19.2 Å². The van der Waals surface area contributed by atoms with E-state index in [1.165, 1.54) is 24.6 Å². The van der Waals surface area contributed by atoms with Gasteiger partial charge in [0.25, 0.3) is 0 Å². The molecule has 1 unspecified atom stereocenters. The van der Waals surface area contributed by atoms with Crippen molar-refractivity contribution in [3.63, 3.8) is 0 Å². The number of rotatable bonds is 5. The maximum Gasteiger partial charge on any atom is 0.205 e. The minimum absolute atomic E-state index is 0.147. The van der Waals surface area contributed by atoms with Crippen molar-refractivity contribution in [2.45, 2.75) is 39.2 Å². The van der Waals surface area contributed by atoms with Crippen LogP contribution in [0.2, 0.25) is 0 Å². The largest absolute Gasteiger partial charge is 0.307 e. The van der Waals surface area contributed by atoms with Crippen LogP contribution in [0.1, 0.15) is 33.1 Å². The van der Waals surface area contributed by atoms with Gasteiger partial charge < -0.3 is 5.32 Å². The fourth-order valence-electron chi connectivity index (χ4n) is 1.39. The first-order valence-electron chi connectivity index (χ1n) is 5.14. The van der Waals surface area contributed by atoms with Crippen LogP contribution in [0, 0.1) is 5.92 Å². The number of carbonyl (C=O) groups excluding carboxylic acids is 1. The minimum atomic E-state index is 0.147. The Balaban J connectivity index is 2.08. The monoisotopic (exact) mass is 201 g/mol. The minimum Gasteiger partial charge on any atom is -0.307 e. The van der Waals surface area contributed by atoms with E-state index in [0.29, 0.717) is 5.12 Å². The maximum atomic E-state index is 11.2. The summed E-state index contributed by atoms with van der Waals surface area (Å²) >= 11 is 1.47. The van der Waals surface area contributed by atoms with Gasteiger partial charge in [0, 0.05) is 5.75 Å². The molecule has 0 aromatic carbocycles. The first kappa shape index (κ1) is 11.1. The Morgan fingerprint density at radius 1 is 1.69 bits per heavy atom. The average Bonchev–Trinajstić information content (AvgIpc) is 2.52. The van der Waals surface area contributed by atoms with Crippen molar-refractivity contribution >= 4 is 16.9 Å². The van der Waals surface area contributed by atoms with E-state index in [4.69, 9.17) is 0 Å². The summed E-state index contributed by atoms with van der Waals surface area (Å²) in [5, 5.41) is 3.66. The van der Waals surface area contributed by atoms with E-state index in [-0.39, 0.29) is 6.04 Å². The SMILES string of the molecule is CCC(C)CCN[C@H]1CCSC1=O. The Morgan fingerprint density at radius 2 is 2.46 bits per heavy atom. The van der Waals surface area contributed by atoms with Gasteiger partial charge in [-0.25, -0.2) is 0 Å². The van der Waals surface area contributed by atoms with Crippen molar-refractivity contribution in [1.29, 1.82) is 0 Å². The van der Waals surface area contributed by atoms with Gasteiger partial charge in [-0.15, -0.1) is 0 Å². The summed E-state index contributed by atoms with van der Waals surface area (Å²) in [4.78, 5) is 11.2. The van der Waals surface area contributed by atoms with Crippen LogP contribution < -0.4 is 5.32 Å². The summed E-state index contributed by atoms with van der Waals surface area (Å²) < 4.78 is 0. The summed E-state index contributed by atoms with van der Waals surface area (Å²) in [5.74, 6) is 1.77. The first-order valence-corrected chi connectivity index (χ1v) is 6.12. The zero-order chi connectivity index (χ0) is 9.68. The Labute approximate surface area is 84.9 Å². The Morgan fingerprint density at radius 3 is 3.00 bits per heavy atom. The quantitative estimate of drug-likeness (QED) is 0.738. The van der Waals surface area contributed by atoms with Crippen molar-refractivity contribution in [2.75, 3.05) is 12.3 Å². The lowest BCUT2D eigenvalue weighted by Gasteiger charge is -2.12. The molecule has 2 atom stereocenters. The number of carbonyl (C=O) groups is 1. The molecule has 1 aliphatic rings. The van der Waals surface area contributed by atoms with Crippen LogP contribution in [0.5, 0.6) is 0 Å². The average molecular weight is 201 g/mol. The van der Waals surface area contributed by atoms with Gasteiger partial charge in [-0.2, -0.15) is 0 Å². The van der Waals surface area contributed by atoms with Gasteiger partial charge >= 0.3 is 0 Å². The van der Waals surface area contributed by atoms with E-state index in [1.54, 1.807) is 0 Å². The first-order chi connectivity index (χ1) is 6.24. The summed E-state index contributed by atoms with van der Waals surface area (Å²) in [6.45, 7) is 5.46. The van der Waals surface area contributed by atoms with Gasteiger partial charge in [-0.1, -0.05) is 32.0 Å². The zero-order valence-corrected chi connectivity index (χ0v) is 9.32. The highest BCUT2D eigenvalue weighted by Gasteiger charge is 2.24. The van der Waals surface area contributed by atoms with Crippen molar-refractivity contribution in [3.8, 4) is 0 Å². The summed E-state index contributed by atoms with van der Waals surface area (Å²) in [7, 11) is 0. The fraction of sp³-hybridized carbons (Fsp3) is 0.900. The number of hydrogen-bond donors (Lipinski definition) is 1. The standard InChI is InChI=1S/C10H19NOS/c1-3-8(2)4-6-11-9-5-7-13-10(9)12/h8-9,11H,3-7H2,1-2H3/t8?,9-/m0/s1. The molecule has 1 heterocycles.